The van der Waals surface area contributed by atoms with Crippen LogP contribution in [0.25, 0.3) is 0 Å². The summed E-state index contributed by atoms with van der Waals surface area (Å²) in [6.07, 6.45) is 4.22. The number of anilines is 1. The second-order valence-corrected chi connectivity index (χ2v) is 10.7. The summed E-state index contributed by atoms with van der Waals surface area (Å²) in [7, 11) is 1.65. The van der Waals surface area contributed by atoms with Crippen LogP contribution in [0.2, 0.25) is 0 Å². The normalized spacial score (nSPS) is 18.1. The quantitative estimate of drug-likeness (QED) is 0.425. The number of methoxy groups -OCH3 is 1. The Morgan fingerprint density at radius 1 is 0.974 bits per heavy atom. The number of likely N-dealkylation sites (tertiary alicyclic amines) is 2. The third-order valence-electron chi connectivity index (χ3n) is 7.86. The predicted octanol–water partition coefficient (Wildman–Crippen LogP) is 4.53. The van der Waals surface area contributed by atoms with Crippen molar-refractivity contribution in [1.29, 1.82) is 0 Å². The van der Waals surface area contributed by atoms with Crippen molar-refractivity contribution < 1.29 is 23.8 Å². The average molecular weight is 538 g/mol. The fraction of sp³-hybridized carbons (Fsp3) is 0.483. The van der Waals surface area contributed by atoms with Crippen LogP contribution in [0.15, 0.2) is 42.5 Å². The maximum Gasteiger partial charge on any atom is 0.223 e. The number of carbonyl (C=O) groups excluding carboxylic acids is 2. The third-order valence-corrected chi connectivity index (χ3v) is 8.22. The number of carbonyl (C=O) groups is 2. The minimum atomic E-state index is -0.0479. The van der Waals surface area contributed by atoms with Crippen molar-refractivity contribution >= 4 is 34.7 Å². The monoisotopic (exact) mass is 537 g/mol. The number of ether oxygens (including phenoxy) is 3. The van der Waals surface area contributed by atoms with Crippen molar-refractivity contribution in [1.82, 2.24) is 9.80 Å². The van der Waals surface area contributed by atoms with Gasteiger partial charge in [-0.05, 0) is 67.2 Å². The van der Waals surface area contributed by atoms with E-state index >= 15 is 0 Å². The van der Waals surface area contributed by atoms with Gasteiger partial charge in [-0.25, -0.2) is 0 Å². The van der Waals surface area contributed by atoms with Crippen LogP contribution in [0.1, 0.15) is 48.9 Å². The number of nitrogens with one attached hydrogen (secondary N) is 1. The van der Waals surface area contributed by atoms with Crippen molar-refractivity contribution in [3.05, 3.63) is 48.0 Å². The summed E-state index contributed by atoms with van der Waals surface area (Å²) in [4.78, 5) is 29.9. The summed E-state index contributed by atoms with van der Waals surface area (Å²) in [5.41, 5.74) is 1.61. The van der Waals surface area contributed by atoms with Crippen LogP contribution in [-0.2, 0) is 4.79 Å². The third kappa shape index (κ3) is 6.04. The van der Waals surface area contributed by atoms with Crippen molar-refractivity contribution in [2.45, 2.75) is 38.5 Å². The number of benzene rings is 2. The molecule has 2 aromatic rings. The first-order chi connectivity index (χ1) is 18.4. The Labute approximate surface area is 229 Å². The van der Waals surface area contributed by atoms with Gasteiger partial charge < -0.3 is 29.3 Å². The second kappa shape index (κ2) is 11.6. The summed E-state index contributed by atoms with van der Waals surface area (Å²) in [6, 6.07) is 13.0. The number of ketones is 1. The number of thiocarbonyl (C=S) groups is 1. The first-order valence-corrected chi connectivity index (χ1v) is 13.8. The lowest BCUT2D eigenvalue weighted by molar-refractivity contribution is -0.130. The average Bonchev–Trinajstić information content (AvgIpc) is 3.20. The van der Waals surface area contributed by atoms with Gasteiger partial charge in [-0.3, -0.25) is 9.59 Å². The van der Waals surface area contributed by atoms with Gasteiger partial charge in [0.25, 0.3) is 0 Å². The van der Waals surface area contributed by atoms with Gasteiger partial charge in [-0.15, -0.1) is 0 Å². The zero-order valence-electron chi connectivity index (χ0n) is 21.9. The minimum Gasteiger partial charge on any atom is -0.497 e. The lowest BCUT2D eigenvalue weighted by Crippen LogP contribution is -2.46. The van der Waals surface area contributed by atoms with Gasteiger partial charge in [0.1, 0.15) is 5.75 Å². The first kappa shape index (κ1) is 26.3. The number of nitrogens with zero attached hydrogens (tertiary/aromatic N) is 2. The maximum absolute atomic E-state index is 13.0. The van der Waals surface area contributed by atoms with Crippen LogP contribution in [0.5, 0.6) is 17.2 Å². The fourth-order valence-corrected chi connectivity index (χ4v) is 5.80. The van der Waals surface area contributed by atoms with E-state index in [9.17, 15) is 9.59 Å². The molecule has 3 heterocycles. The topological polar surface area (TPSA) is 80.3 Å². The van der Waals surface area contributed by atoms with E-state index in [1.54, 1.807) is 25.3 Å². The summed E-state index contributed by atoms with van der Waals surface area (Å²) in [5, 5.41) is 4.03. The van der Waals surface area contributed by atoms with Crippen LogP contribution in [0, 0.1) is 5.41 Å². The van der Waals surface area contributed by atoms with Crippen LogP contribution in [-0.4, -0.2) is 73.1 Å². The molecule has 0 bridgehead atoms. The van der Waals surface area contributed by atoms with Crippen LogP contribution in [0.3, 0.4) is 0 Å². The molecule has 8 nitrogen and oxygen atoms in total. The Hall–Kier alpha value is -3.33. The molecule has 202 valence electrons. The van der Waals surface area contributed by atoms with Crippen LogP contribution < -0.4 is 19.5 Å². The van der Waals surface area contributed by atoms with Crippen molar-refractivity contribution in [2.75, 3.05) is 51.8 Å². The molecule has 1 spiro atoms. The van der Waals surface area contributed by atoms with Gasteiger partial charge in [0.05, 0.1) is 20.3 Å². The van der Waals surface area contributed by atoms with Gasteiger partial charge in [-0.1, -0.05) is 6.07 Å². The summed E-state index contributed by atoms with van der Waals surface area (Å²) in [6.45, 7) is 4.41. The van der Waals surface area contributed by atoms with E-state index in [1.807, 2.05) is 29.2 Å². The van der Waals surface area contributed by atoms with E-state index in [-0.39, 0.29) is 29.9 Å². The molecule has 0 unspecified atom stereocenters. The van der Waals surface area contributed by atoms with E-state index in [2.05, 4.69) is 10.2 Å². The summed E-state index contributed by atoms with van der Waals surface area (Å²) in [5.74, 6) is 2.07. The summed E-state index contributed by atoms with van der Waals surface area (Å²) >= 11 is 5.66. The van der Waals surface area contributed by atoms with Crippen LogP contribution in [0.4, 0.5) is 5.69 Å². The summed E-state index contributed by atoms with van der Waals surface area (Å²) < 4.78 is 16.6. The largest absolute Gasteiger partial charge is 0.497 e. The molecule has 1 N–H and O–H groups in total. The van der Waals surface area contributed by atoms with E-state index in [1.165, 1.54) is 0 Å². The molecule has 3 aliphatic rings. The van der Waals surface area contributed by atoms with Gasteiger partial charge in [0, 0.05) is 62.8 Å². The molecule has 38 heavy (non-hydrogen) atoms. The molecule has 9 heteroatoms. The molecule has 0 atom stereocenters. The SMILES string of the molecule is COc1cccc(NC(=S)N2CCC3(CCN(C(=O)CCC(=O)c4ccc5c(c4)OCCCO5)C3)CC2)c1. The minimum absolute atomic E-state index is 0.0479. The molecule has 0 saturated carbocycles. The zero-order valence-corrected chi connectivity index (χ0v) is 22.7. The number of hydrogen-bond donors (Lipinski definition) is 1. The van der Waals surface area contributed by atoms with E-state index < -0.39 is 0 Å². The van der Waals surface area contributed by atoms with Crippen molar-refractivity contribution in [3.63, 3.8) is 0 Å². The number of amides is 1. The lowest BCUT2D eigenvalue weighted by atomic mass is 9.78. The number of hydrogen-bond acceptors (Lipinski definition) is 6. The second-order valence-electron chi connectivity index (χ2n) is 10.3. The fourth-order valence-electron chi connectivity index (χ4n) is 5.50. The number of rotatable bonds is 6. The molecule has 2 fully saturated rings. The highest BCUT2D eigenvalue weighted by Gasteiger charge is 2.42. The van der Waals surface area contributed by atoms with Gasteiger partial charge in [0.15, 0.2) is 22.4 Å². The molecular formula is C29H35N3O5S. The molecular weight excluding hydrogens is 502 g/mol. The van der Waals surface area contributed by atoms with Crippen LogP contribution >= 0.6 is 12.2 Å². The number of fused-ring (bicyclic) bond motifs is 1. The predicted molar refractivity (Wildman–Crippen MR) is 149 cm³/mol. The van der Waals surface area contributed by atoms with Crippen molar-refractivity contribution in [2.24, 2.45) is 5.41 Å². The maximum atomic E-state index is 13.0. The smallest absolute Gasteiger partial charge is 0.223 e. The van der Waals surface area contributed by atoms with Gasteiger partial charge in [-0.2, -0.15) is 0 Å². The van der Waals surface area contributed by atoms with Gasteiger partial charge >= 0.3 is 0 Å². The molecule has 0 aromatic heterocycles. The molecule has 0 radical (unpaired) electrons. The standard InChI is InChI=1S/C29H35N3O5S/c1-35-23-5-2-4-22(19-23)30-28(38)31-13-10-29(11-14-31)12-15-32(20-29)27(34)9-7-24(33)21-6-8-25-26(18-21)37-17-3-16-36-25/h2,4-6,8,18-19H,3,7,9-17,20H2,1H3,(H,30,38). The highest BCUT2D eigenvalue weighted by atomic mass is 32.1. The molecule has 5 rings (SSSR count). The van der Waals surface area contributed by atoms with E-state index in [0.29, 0.717) is 35.4 Å². The highest BCUT2D eigenvalue weighted by molar-refractivity contribution is 7.80. The highest BCUT2D eigenvalue weighted by Crippen LogP contribution is 2.41. The zero-order chi connectivity index (χ0) is 26.5. The molecule has 2 saturated heterocycles. The Kier molecular flexibility index (Phi) is 8.02. The van der Waals surface area contributed by atoms with Crippen molar-refractivity contribution in [3.8, 4) is 17.2 Å². The Morgan fingerprint density at radius 2 is 1.71 bits per heavy atom. The Bertz CT molecular complexity index is 1190. The Balaban J connectivity index is 1.08. The molecule has 3 aliphatic heterocycles. The Morgan fingerprint density at radius 3 is 2.47 bits per heavy atom. The lowest BCUT2D eigenvalue weighted by Gasteiger charge is -2.40. The van der Waals surface area contributed by atoms with E-state index in [4.69, 9.17) is 26.4 Å². The molecule has 1 amide bonds. The molecule has 0 aliphatic carbocycles. The molecule has 2 aromatic carbocycles. The number of piperidine rings is 1. The first-order valence-electron chi connectivity index (χ1n) is 13.4. The van der Waals surface area contributed by atoms with Gasteiger partial charge in [0.2, 0.25) is 5.91 Å². The van der Waals surface area contributed by atoms with E-state index in [0.717, 1.165) is 63.3 Å². The number of Topliss-reactive ketones (excluding diaryl/α,β-unsaturated/α-hetero) is 1.